The van der Waals surface area contributed by atoms with E-state index in [1.165, 1.54) is 32.2 Å². The fourth-order valence-corrected chi connectivity index (χ4v) is 2.88. The summed E-state index contributed by atoms with van der Waals surface area (Å²) in [6.07, 6.45) is 6.85. The van der Waals surface area contributed by atoms with Crippen LogP contribution in [0.4, 0.5) is 5.13 Å². The summed E-state index contributed by atoms with van der Waals surface area (Å²) < 4.78 is 0. The van der Waals surface area contributed by atoms with Gasteiger partial charge in [0.25, 0.3) is 0 Å². The lowest BCUT2D eigenvalue weighted by Gasteiger charge is -2.21. The van der Waals surface area contributed by atoms with Crippen LogP contribution >= 0.6 is 11.3 Å². The average molecular weight is 238 g/mol. The number of aromatic nitrogens is 1. The first-order valence-electron chi connectivity index (χ1n) is 6.14. The van der Waals surface area contributed by atoms with Crippen LogP contribution in [0.3, 0.4) is 0 Å². The van der Waals surface area contributed by atoms with Crippen molar-refractivity contribution >= 4 is 16.5 Å². The SMILES string of the molecule is CC(O)c1cnc(N(CC2CC2)C2CC2)s1. The van der Waals surface area contributed by atoms with Crippen LogP contribution in [0.25, 0.3) is 0 Å². The minimum atomic E-state index is -0.381. The number of hydrogen-bond acceptors (Lipinski definition) is 4. The van der Waals surface area contributed by atoms with Crippen molar-refractivity contribution < 1.29 is 5.11 Å². The fraction of sp³-hybridized carbons (Fsp3) is 0.750. The molecule has 16 heavy (non-hydrogen) atoms. The van der Waals surface area contributed by atoms with Crippen LogP contribution in [0.1, 0.15) is 43.6 Å². The Bertz CT molecular complexity index is 369. The molecule has 3 rings (SSSR count). The Morgan fingerprint density at radius 3 is 2.75 bits per heavy atom. The second-order valence-corrected chi connectivity index (χ2v) is 6.09. The standard InChI is InChI=1S/C12H18N2OS/c1-8(15)11-6-13-12(16-11)14(10-4-5-10)7-9-2-3-9/h6,8-10,15H,2-5,7H2,1H3. The maximum atomic E-state index is 9.52. The molecule has 0 saturated heterocycles. The van der Waals surface area contributed by atoms with Gasteiger partial charge in [0.05, 0.1) is 11.0 Å². The molecule has 0 radical (unpaired) electrons. The highest BCUT2D eigenvalue weighted by Gasteiger charge is 2.35. The van der Waals surface area contributed by atoms with E-state index < -0.39 is 0 Å². The highest BCUT2D eigenvalue weighted by Crippen LogP contribution is 2.39. The molecule has 1 atom stereocenters. The molecule has 1 aromatic heterocycles. The van der Waals surface area contributed by atoms with Gasteiger partial charge in [-0.05, 0) is 38.5 Å². The molecule has 1 N–H and O–H groups in total. The summed E-state index contributed by atoms with van der Waals surface area (Å²) in [5.41, 5.74) is 0. The van der Waals surface area contributed by atoms with Gasteiger partial charge in [0, 0.05) is 18.8 Å². The van der Waals surface area contributed by atoms with E-state index in [-0.39, 0.29) is 6.10 Å². The number of aliphatic hydroxyl groups excluding tert-OH is 1. The average Bonchev–Trinajstić information content (AvgIpc) is 3.14. The van der Waals surface area contributed by atoms with Gasteiger partial charge in [-0.1, -0.05) is 11.3 Å². The number of rotatable bonds is 5. The second kappa shape index (κ2) is 4.00. The zero-order chi connectivity index (χ0) is 11.1. The molecule has 3 nitrogen and oxygen atoms in total. The number of anilines is 1. The predicted molar refractivity (Wildman–Crippen MR) is 65.8 cm³/mol. The maximum Gasteiger partial charge on any atom is 0.185 e. The molecule has 2 fully saturated rings. The molecule has 4 heteroatoms. The fourth-order valence-electron chi connectivity index (χ4n) is 1.95. The van der Waals surface area contributed by atoms with Crippen molar-refractivity contribution in [1.82, 2.24) is 4.98 Å². The number of hydrogen-bond donors (Lipinski definition) is 1. The van der Waals surface area contributed by atoms with Crippen molar-refractivity contribution in [1.29, 1.82) is 0 Å². The number of aliphatic hydroxyl groups is 1. The van der Waals surface area contributed by atoms with Gasteiger partial charge >= 0.3 is 0 Å². The van der Waals surface area contributed by atoms with E-state index in [4.69, 9.17) is 0 Å². The Morgan fingerprint density at radius 2 is 2.25 bits per heavy atom. The molecule has 0 bridgehead atoms. The minimum absolute atomic E-state index is 0.381. The third-order valence-corrected chi connectivity index (χ3v) is 4.51. The summed E-state index contributed by atoms with van der Waals surface area (Å²) >= 11 is 1.65. The summed E-state index contributed by atoms with van der Waals surface area (Å²) in [5.74, 6) is 0.902. The van der Waals surface area contributed by atoms with Crippen molar-refractivity contribution in [3.05, 3.63) is 11.1 Å². The predicted octanol–water partition coefficient (Wildman–Crippen LogP) is 2.58. The van der Waals surface area contributed by atoms with Crippen molar-refractivity contribution in [3.8, 4) is 0 Å². The summed E-state index contributed by atoms with van der Waals surface area (Å²) in [4.78, 5) is 7.91. The Kier molecular flexibility index (Phi) is 2.64. The van der Waals surface area contributed by atoms with Crippen LogP contribution in [0, 0.1) is 5.92 Å². The number of nitrogens with zero attached hydrogens (tertiary/aromatic N) is 2. The molecule has 0 amide bonds. The molecule has 2 saturated carbocycles. The quantitative estimate of drug-likeness (QED) is 0.856. The topological polar surface area (TPSA) is 36.4 Å². The van der Waals surface area contributed by atoms with Crippen LogP contribution < -0.4 is 4.90 Å². The molecule has 0 aliphatic heterocycles. The van der Waals surface area contributed by atoms with Crippen molar-refractivity contribution in [3.63, 3.8) is 0 Å². The molecule has 2 aliphatic rings. The van der Waals surface area contributed by atoms with Crippen molar-refractivity contribution in [2.24, 2.45) is 5.92 Å². The zero-order valence-electron chi connectivity index (χ0n) is 9.59. The lowest BCUT2D eigenvalue weighted by atomic mass is 10.4. The van der Waals surface area contributed by atoms with Gasteiger partial charge in [-0.15, -0.1) is 0 Å². The lowest BCUT2D eigenvalue weighted by Crippen LogP contribution is -2.27. The Hall–Kier alpha value is -0.610. The van der Waals surface area contributed by atoms with Crippen LogP contribution in [-0.2, 0) is 0 Å². The van der Waals surface area contributed by atoms with Gasteiger partial charge in [0.2, 0.25) is 0 Å². The first kappa shape index (κ1) is 10.5. The van der Waals surface area contributed by atoms with E-state index in [1.54, 1.807) is 18.3 Å². The van der Waals surface area contributed by atoms with E-state index in [0.717, 1.165) is 22.0 Å². The first-order chi connectivity index (χ1) is 7.74. The molecule has 2 aliphatic carbocycles. The summed E-state index contributed by atoms with van der Waals surface area (Å²) in [5, 5.41) is 10.6. The zero-order valence-corrected chi connectivity index (χ0v) is 10.4. The third kappa shape index (κ3) is 2.23. The number of thiazole rings is 1. The van der Waals surface area contributed by atoms with E-state index >= 15 is 0 Å². The molecular weight excluding hydrogens is 220 g/mol. The van der Waals surface area contributed by atoms with Crippen LogP contribution in [0.15, 0.2) is 6.20 Å². The van der Waals surface area contributed by atoms with Crippen molar-refractivity contribution in [2.45, 2.75) is 44.8 Å². The second-order valence-electron chi connectivity index (χ2n) is 5.05. The van der Waals surface area contributed by atoms with Gasteiger partial charge < -0.3 is 10.0 Å². The monoisotopic (exact) mass is 238 g/mol. The van der Waals surface area contributed by atoms with Crippen molar-refractivity contribution in [2.75, 3.05) is 11.4 Å². The van der Waals surface area contributed by atoms with Gasteiger partial charge in [-0.25, -0.2) is 4.98 Å². The molecule has 1 unspecified atom stereocenters. The third-order valence-electron chi connectivity index (χ3n) is 3.31. The van der Waals surface area contributed by atoms with Gasteiger partial charge in [-0.2, -0.15) is 0 Å². The Labute approximate surface area is 100 Å². The largest absolute Gasteiger partial charge is 0.388 e. The van der Waals surface area contributed by atoms with E-state index in [9.17, 15) is 5.11 Å². The molecular formula is C12H18N2OS. The molecule has 1 heterocycles. The smallest absolute Gasteiger partial charge is 0.185 e. The Balaban J connectivity index is 1.75. The highest BCUT2D eigenvalue weighted by molar-refractivity contribution is 7.15. The normalized spacial score (nSPS) is 22.1. The van der Waals surface area contributed by atoms with Gasteiger partial charge in [-0.3, -0.25) is 0 Å². The molecule has 88 valence electrons. The van der Waals surface area contributed by atoms with Gasteiger partial charge in [0.1, 0.15) is 0 Å². The highest BCUT2D eigenvalue weighted by atomic mass is 32.1. The van der Waals surface area contributed by atoms with E-state index in [1.807, 2.05) is 6.20 Å². The minimum Gasteiger partial charge on any atom is -0.388 e. The molecule has 0 aromatic carbocycles. The molecule has 1 aromatic rings. The van der Waals surface area contributed by atoms with Gasteiger partial charge in [0.15, 0.2) is 5.13 Å². The first-order valence-corrected chi connectivity index (χ1v) is 6.96. The van der Waals surface area contributed by atoms with Crippen LogP contribution in [0.5, 0.6) is 0 Å². The lowest BCUT2D eigenvalue weighted by molar-refractivity contribution is 0.203. The van der Waals surface area contributed by atoms with E-state index in [2.05, 4.69) is 9.88 Å². The van der Waals surface area contributed by atoms with Crippen LogP contribution in [-0.4, -0.2) is 22.7 Å². The summed E-state index contributed by atoms with van der Waals surface area (Å²) in [6, 6.07) is 0.730. The Morgan fingerprint density at radius 1 is 1.50 bits per heavy atom. The maximum absolute atomic E-state index is 9.52. The van der Waals surface area contributed by atoms with E-state index in [0.29, 0.717) is 0 Å². The summed E-state index contributed by atoms with van der Waals surface area (Å²) in [7, 11) is 0. The van der Waals surface area contributed by atoms with Crippen LogP contribution in [0.2, 0.25) is 0 Å². The molecule has 0 spiro atoms. The summed E-state index contributed by atoms with van der Waals surface area (Å²) in [6.45, 7) is 2.98.